The number of H-pyrrole nitrogens is 1. The Morgan fingerprint density at radius 3 is 2.75 bits per heavy atom. The number of hydrogen-bond donors (Lipinski definition) is 2. The van der Waals surface area contributed by atoms with Crippen LogP contribution >= 0.6 is 0 Å². The van der Waals surface area contributed by atoms with Crippen molar-refractivity contribution in [3.63, 3.8) is 0 Å². The Hall–Kier alpha value is -3.30. The van der Waals surface area contributed by atoms with E-state index in [1.165, 1.54) is 6.07 Å². The maximum atomic E-state index is 16.3. The smallest absolute Gasteiger partial charge is 0.335 e. The topological polar surface area (TPSA) is 89.4 Å². The fourth-order valence-corrected chi connectivity index (χ4v) is 5.57. The summed E-state index contributed by atoms with van der Waals surface area (Å²) < 4.78 is 43.8. The quantitative estimate of drug-likeness (QED) is 0.374. The van der Waals surface area contributed by atoms with Crippen molar-refractivity contribution in [2.45, 2.75) is 51.0 Å². The highest BCUT2D eigenvalue weighted by Crippen LogP contribution is 2.48. The molecular formula is C27H29F2N3O4. The number of methoxy groups -OCH3 is 1. The van der Waals surface area contributed by atoms with Crippen molar-refractivity contribution >= 4 is 27.8 Å². The molecule has 0 amide bonds. The molecule has 3 heterocycles. The van der Waals surface area contributed by atoms with Crippen LogP contribution in [0, 0.1) is 18.6 Å². The summed E-state index contributed by atoms with van der Waals surface area (Å²) in [5, 5.41) is 17.5. The second-order valence-electron chi connectivity index (χ2n) is 10.5. The van der Waals surface area contributed by atoms with Crippen LogP contribution in [0.15, 0.2) is 30.5 Å². The number of ether oxygens (including phenoxy) is 2. The van der Waals surface area contributed by atoms with Crippen molar-refractivity contribution in [1.29, 1.82) is 0 Å². The van der Waals surface area contributed by atoms with Gasteiger partial charge in [-0.15, -0.1) is 0 Å². The molecule has 0 spiro atoms. The Morgan fingerprint density at radius 1 is 1.36 bits per heavy atom. The van der Waals surface area contributed by atoms with Crippen LogP contribution in [-0.4, -0.2) is 51.8 Å². The van der Waals surface area contributed by atoms with Gasteiger partial charge in [0.2, 0.25) is 0 Å². The minimum Gasteiger partial charge on any atom is -0.479 e. The molecule has 1 aliphatic heterocycles. The van der Waals surface area contributed by atoms with Crippen LogP contribution in [0.5, 0.6) is 0 Å². The Labute approximate surface area is 207 Å². The van der Waals surface area contributed by atoms with Gasteiger partial charge in [0.05, 0.1) is 24.9 Å². The third kappa shape index (κ3) is 3.60. The first kappa shape index (κ1) is 24.4. The van der Waals surface area contributed by atoms with Gasteiger partial charge in [-0.2, -0.15) is 5.10 Å². The van der Waals surface area contributed by atoms with Crippen molar-refractivity contribution in [1.82, 2.24) is 14.8 Å². The number of halogens is 2. The van der Waals surface area contributed by atoms with Gasteiger partial charge >= 0.3 is 5.97 Å². The fourth-order valence-electron chi connectivity index (χ4n) is 5.57. The predicted octanol–water partition coefficient (Wildman–Crippen LogP) is 5.36. The van der Waals surface area contributed by atoms with E-state index in [0.29, 0.717) is 39.7 Å². The summed E-state index contributed by atoms with van der Waals surface area (Å²) in [5.41, 5.74) is 1.43. The molecule has 2 N–H and O–H groups in total. The predicted molar refractivity (Wildman–Crippen MR) is 132 cm³/mol. The van der Waals surface area contributed by atoms with E-state index >= 15 is 4.39 Å². The van der Waals surface area contributed by atoms with Crippen molar-refractivity contribution < 1.29 is 28.2 Å². The maximum Gasteiger partial charge on any atom is 0.335 e. The van der Waals surface area contributed by atoms with Crippen LogP contribution in [0.25, 0.3) is 27.5 Å². The molecule has 0 saturated carbocycles. The maximum absolute atomic E-state index is 16.3. The standard InChI is InChI=1S/C27H29F2N3O4/c1-14-8-17(6-7-18(14)28)32-19-9-15-11-30-31-23(15)22(29)21(19)20(24(32)26(2,3)13-35-5)16-10-27(4,25(33)34)36-12-16/h6-9,11,16H,10,12-13H2,1-5H3,(H,30,31)(H,33,34)/t16-,27+/m1/s1. The molecule has 0 radical (unpaired) electrons. The summed E-state index contributed by atoms with van der Waals surface area (Å²) in [7, 11) is 1.60. The van der Waals surface area contributed by atoms with Crippen LogP contribution in [0.1, 0.15) is 49.9 Å². The Balaban J connectivity index is 1.93. The van der Waals surface area contributed by atoms with Crippen LogP contribution < -0.4 is 0 Å². The van der Waals surface area contributed by atoms with Crippen LogP contribution in [0.3, 0.4) is 0 Å². The normalized spacial score (nSPS) is 20.6. The highest BCUT2D eigenvalue weighted by atomic mass is 19.1. The molecule has 0 aliphatic carbocycles. The van der Waals surface area contributed by atoms with Gasteiger partial charge in [-0.1, -0.05) is 13.8 Å². The van der Waals surface area contributed by atoms with Gasteiger partial charge in [0.25, 0.3) is 0 Å². The van der Waals surface area contributed by atoms with Gasteiger partial charge in [0.15, 0.2) is 11.4 Å². The first-order valence-corrected chi connectivity index (χ1v) is 11.8. The second kappa shape index (κ2) is 8.38. The lowest BCUT2D eigenvalue weighted by molar-refractivity contribution is -0.157. The van der Waals surface area contributed by atoms with Crippen LogP contribution in [0.2, 0.25) is 0 Å². The first-order chi connectivity index (χ1) is 17.0. The number of benzene rings is 2. The zero-order valence-corrected chi connectivity index (χ0v) is 20.9. The highest BCUT2D eigenvalue weighted by molar-refractivity contribution is 6.00. The van der Waals surface area contributed by atoms with Gasteiger partial charge < -0.3 is 19.1 Å². The van der Waals surface area contributed by atoms with E-state index in [2.05, 4.69) is 10.2 Å². The number of carbonyl (C=O) groups is 1. The number of aliphatic carboxylic acids is 1. The lowest BCUT2D eigenvalue weighted by atomic mass is 9.80. The van der Waals surface area contributed by atoms with Gasteiger partial charge in [-0.05, 0) is 55.7 Å². The van der Waals surface area contributed by atoms with Gasteiger partial charge in [-0.3, -0.25) is 5.10 Å². The van der Waals surface area contributed by atoms with E-state index in [1.807, 2.05) is 24.5 Å². The van der Waals surface area contributed by atoms with E-state index in [4.69, 9.17) is 9.47 Å². The Morgan fingerprint density at radius 2 is 2.11 bits per heavy atom. The largest absolute Gasteiger partial charge is 0.479 e. The fraction of sp³-hybridized carbons (Fsp3) is 0.407. The molecule has 2 atom stereocenters. The molecule has 4 aromatic rings. The number of nitrogens with zero attached hydrogens (tertiary/aromatic N) is 2. The highest BCUT2D eigenvalue weighted by Gasteiger charge is 2.46. The minimum absolute atomic E-state index is 0.126. The number of aromatic nitrogens is 3. The summed E-state index contributed by atoms with van der Waals surface area (Å²) in [5.74, 6) is -2.25. The Kier molecular flexibility index (Phi) is 5.68. The van der Waals surface area contributed by atoms with E-state index in [-0.39, 0.29) is 24.4 Å². The van der Waals surface area contributed by atoms with E-state index in [0.717, 1.165) is 5.69 Å². The van der Waals surface area contributed by atoms with Gasteiger partial charge in [0.1, 0.15) is 11.3 Å². The molecule has 5 rings (SSSR count). The molecule has 7 nitrogen and oxygen atoms in total. The van der Waals surface area contributed by atoms with E-state index in [9.17, 15) is 14.3 Å². The number of fused-ring (bicyclic) bond motifs is 2. The Bertz CT molecular complexity index is 1510. The molecule has 190 valence electrons. The average Bonchev–Trinajstić information content (AvgIpc) is 3.52. The molecule has 2 aromatic heterocycles. The number of aromatic amines is 1. The zero-order chi connectivity index (χ0) is 26.0. The summed E-state index contributed by atoms with van der Waals surface area (Å²) >= 11 is 0. The van der Waals surface area contributed by atoms with Crippen molar-refractivity contribution in [3.8, 4) is 5.69 Å². The summed E-state index contributed by atoms with van der Waals surface area (Å²) in [6.07, 6.45) is 1.74. The molecule has 0 unspecified atom stereocenters. The number of nitrogens with one attached hydrogen (secondary N) is 1. The summed E-state index contributed by atoms with van der Waals surface area (Å²) in [4.78, 5) is 12.0. The summed E-state index contributed by atoms with van der Waals surface area (Å²) in [6.45, 7) is 7.67. The molecule has 0 bridgehead atoms. The van der Waals surface area contributed by atoms with E-state index in [1.54, 1.807) is 39.3 Å². The third-order valence-electron chi connectivity index (χ3n) is 7.29. The molecular weight excluding hydrogens is 468 g/mol. The molecule has 2 aromatic carbocycles. The SMILES string of the molecule is COCC(C)(C)c1c([C@H]2CO[C@](C)(C(=O)O)C2)c2c(F)c3[nH]ncc3cc2n1-c1ccc(F)c(C)c1. The summed E-state index contributed by atoms with van der Waals surface area (Å²) in [6, 6.07) is 6.66. The minimum atomic E-state index is -1.39. The molecule has 1 fully saturated rings. The number of hydrogen-bond acceptors (Lipinski definition) is 4. The van der Waals surface area contributed by atoms with Crippen molar-refractivity contribution in [2.24, 2.45) is 0 Å². The monoisotopic (exact) mass is 497 g/mol. The number of rotatable bonds is 6. The van der Waals surface area contributed by atoms with Crippen molar-refractivity contribution in [3.05, 3.63) is 58.9 Å². The van der Waals surface area contributed by atoms with E-state index < -0.39 is 28.7 Å². The molecule has 1 aliphatic rings. The van der Waals surface area contributed by atoms with Gasteiger partial charge in [-0.25, -0.2) is 13.6 Å². The first-order valence-electron chi connectivity index (χ1n) is 11.8. The molecule has 36 heavy (non-hydrogen) atoms. The average molecular weight is 498 g/mol. The molecule has 9 heteroatoms. The number of carboxylic acid groups (broad SMARTS) is 1. The molecule has 1 saturated heterocycles. The number of aryl methyl sites for hydroxylation is 1. The number of carboxylic acids is 1. The zero-order valence-electron chi connectivity index (χ0n) is 20.9. The lowest BCUT2D eigenvalue weighted by Crippen LogP contribution is -2.34. The third-order valence-corrected chi connectivity index (χ3v) is 7.29. The van der Waals surface area contributed by atoms with Gasteiger partial charge in [0, 0.05) is 40.6 Å². The van der Waals surface area contributed by atoms with Crippen molar-refractivity contribution in [2.75, 3.05) is 20.3 Å². The van der Waals surface area contributed by atoms with Crippen LogP contribution in [0.4, 0.5) is 8.78 Å². The second-order valence-corrected chi connectivity index (χ2v) is 10.5. The lowest BCUT2D eigenvalue weighted by Gasteiger charge is -2.29. The van der Waals surface area contributed by atoms with Crippen LogP contribution in [-0.2, 0) is 19.7 Å².